The Bertz CT molecular complexity index is 1060. The van der Waals surface area contributed by atoms with Crippen LogP contribution < -0.4 is 0 Å². The number of aliphatic imine (C=N–C) groups is 1. The van der Waals surface area contributed by atoms with E-state index in [1.807, 2.05) is 0 Å². The van der Waals surface area contributed by atoms with Crippen molar-refractivity contribution in [3.05, 3.63) is 83.4 Å². The number of hydrogen-bond donors (Lipinski definition) is 2. The largest absolute Gasteiger partial charge is 0.481 e. The summed E-state index contributed by atoms with van der Waals surface area (Å²) >= 11 is 0. The molecule has 0 bridgehead atoms. The Morgan fingerprint density at radius 1 is 1.14 bits per heavy atom. The van der Waals surface area contributed by atoms with Crippen LogP contribution in [0, 0.1) is 0 Å². The molecule has 0 spiro atoms. The molecule has 150 valence electrons. The molecule has 2 aromatic carbocycles. The van der Waals surface area contributed by atoms with E-state index in [1.165, 1.54) is 12.3 Å². The third-order valence-corrected chi connectivity index (χ3v) is 4.04. The first kappa shape index (κ1) is 20.3. The Hall–Kier alpha value is -3.46. The van der Waals surface area contributed by atoms with E-state index in [9.17, 15) is 18.3 Å². The number of halogens is 3. The van der Waals surface area contributed by atoms with E-state index < -0.39 is 23.9 Å². The molecule has 0 saturated carbocycles. The second kappa shape index (κ2) is 7.88. The van der Waals surface area contributed by atoms with Gasteiger partial charge in [-0.2, -0.15) is 13.2 Å². The molecule has 1 unspecified atom stereocenters. The van der Waals surface area contributed by atoms with Crippen LogP contribution in [0.2, 0.25) is 0 Å². The summed E-state index contributed by atoms with van der Waals surface area (Å²) in [4.78, 5) is 17.3. The number of carboxylic acid groups (broad SMARTS) is 1. The Labute approximate surface area is 163 Å². The molecule has 0 fully saturated rings. The fourth-order valence-electron chi connectivity index (χ4n) is 2.90. The van der Waals surface area contributed by atoms with E-state index in [1.54, 1.807) is 41.1 Å². The zero-order chi connectivity index (χ0) is 21.2. The first-order valence-corrected chi connectivity index (χ1v) is 8.44. The van der Waals surface area contributed by atoms with Gasteiger partial charge in [-0.3, -0.25) is 9.36 Å². The fourth-order valence-corrected chi connectivity index (χ4v) is 2.90. The lowest BCUT2D eigenvalue weighted by molar-refractivity contribution is -0.137. The number of aliphatic carboxylic acids is 1. The van der Waals surface area contributed by atoms with Gasteiger partial charge in [-0.05, 0) is 18.2 Å². The number of carboxylic acids is 1. The molecule has 0 saturated heterocycles. The first-order valence-electron chi connectivity index (χ1n) is 8.44. The van der Waals surface area contributed by atoms with Crippen molar-refractivity contribution >= 4 is 11.7 Å². The molecule has 1 aliphatic rings. The van der Waals surface area contributed by atoms with Crippen molar-refractivity contribution < 1.29 is 28.2 Å². The number of fused-ring (bicyclic) bond motifs is 3. The molecule has 1 aromatic heterocycles. The van der Waals surface area contributed by atoms with Gasteiger partial charge >= 0.3 is 6.18 Å². The van der Waals surface area contributed by atoms with Crippen molar-refractivity contribution in [3.63, 3.8) is 0 Å². The summed E-state index contributed by atoms with van der Waals surface area (Å²) in [5, 5.41) is 17.8. The minimum Gasteiger partial charge on any atom is -0.481 e. The van der Waals surface area contributed by atoms with Gasteiger partial charge in [0.1, 0.15) is 0 Å². The lowest BCUT2D eigenvalue weighted by atomic mass is 9.98. The molecule has 0 radical (unpaired) electrons. The van der Waals surface area contributed by atoms with Gasteiger partial charge in [-0.15, -0.1) is 0 Å². The van der Waals surface area contributed by atoms with Gasteiger partial charge in [0.15, 0.2) is 5.82 Å². The second-order valence-corrected chi connectivity index (χ2v) is 6.12. The van der Waals surface area contributed by atoms with Crippen LogP contribution in [0.25, 0.3) is 5.69 Å². The van der Waals surface area contributed by atoms with Crippen LogP contribution in [0.4, 0.5) is 13.2 Å². The summed E-state index contributed by atoms with van der Waals surface area (Å²) in [5.74, 6) is -0.577. The fraction of sp³-hybridized carbons (Fsp3) is 0.150. The molecule has 29 heavy (non-hydrogen) atoms. The van der Waals surface area contributed by atoms with Gasteiger partial charge in [-0.25, -0.2) is 9.98 Å². The van der Waals surface area contributed by atoms with Crippen molar-refractivity contribution in [1.29, 1.82) is 0 Å². The SMILES string of the molecule is CC(=O)O.OC1N=C(c2ccccc2)c2cc(C(F)(F)F)ccc2-n2ccnc21. The van der Waals surface area contributed by atoms with E-state index in [2.05, 4.69) is 9.98 Å². The Morgan fingerprint density at radius 3 is 2.41 bits per heavy atom. The van der Waals surface area contributed by atoms with Crippen LogP contribution in [0.1, 0.15) is 35.7 Å². The normalized spacial score (nSPS) is 15.2. The molecule has 6 nitrogen and oxygen atoms in total. The number of imidazole rings is 1. The number of benzene rings is 2. The van der Waals surface area contributed by atoms with Crippen LogP contribution in [0.5, 0.6) is 0 Å². The molecule has 2 N–H and O–H groups in total. The predicted octanol–water partition coefficient (Wildman–Crippen LogP) is 3.82. The van der Waals surface area contributed by atoms with Gasteiger partial charge < -0.3 is 10.2 Å². The molecule has 1 aliphatic heterocycles. The number of nitrogens with zero attached hydrogens (tertiary/aromatic N) is 3. The van der Waals surface area contributed by atoms with Crippen molar-refractivity contribution in [2.45, 2.75) is 19.3 Å². The topological polar surface area (TPSA) is 87.7 Å². The van der Waals surface area contributed by atoms with Crippen LogP contribution >= 0.6 is 0 Å². The molecule has 0 amide bonds. The summed E-state index contributed by atoms with van der Waals surface area (Å²) < 4.78 is 41.1. The molecule has 2 heterocycles. The predicted molar refractivity (Wildman–Crippen MR) is 98.9 cm³/mol. The summed E-state index contributed by atoms with van der Waals surface area (Å²) in [7, 11) is 0. The molecule has 0 aliphatic carbocycles. The maximum atomic E-state index is 13.2. The Kier molecular flexibility index (Phi) is 5.51. The highest BCUT2D eigenvalue weighted by molar-refractivity contribution is 6.15. The summed E-state index contributed by atoms with van der Waals surface area (Å²) in [6.45, 7) is 1.08. The molecular weight excluding hydrogens is 387 g/mol. The number of aliphatic hydroxyl groups excluding tert-OH is 1. The highest BCUT2D eigenvalue weighted by atomic mass is 19.4. The first-order chi connectivity index (χ1) is 13.7. The number of rotatable bonds is 1. The van der Waals surface area contributed by atoms with Crippen molar-refractivity contribution in [3.8, 4) is 5.69 Å². The zero-order valence-electron chi connectivity index (χ0n) is 15.1. The minimum absolute atomic E-state index is 0.256. The monoisotopic (exact) mass is 403 g/mol. The molecule has 4 rings (SSSR count). The minimum atomic E-state index is -4.47. The van der Waals surface area contributed by atoms with Crippen LogP contribution in [-0.2, 0) is 11.0 Å². The smallest absolute Gasteiger partial charge is 0.416 e. The van der Waals surface area contributed by atoms with Crippen LogP contribution in [-0.4, -0.2) is 31.4 Å². The van der Waals surface area contributed by atoms with Crippen LogP contribution in [0.3, 0.4) is 0 Å². The van der Waals surface area contributed by atoms with Crippen molar-refractivity contribution in [2.24, 2.45) is 4.99 Å². The Morgan fingerprint density at radius 2 is 1.79 bits per heavy atom. The highest BCUT2D eigenvalue weighted by Crippen LogP contribution is 2.35. The highest BCUT2D eigenvalue weighted by Gasteiger charge is 2.33. The number of carbonyl (C=O) groups is 1. The Balaban J connectivity index is 0.000000552. The van der Waals surface area contributed by atoms with Gasteiger partial charge in [0.05, 0.1) is 17.0 Å². The van der Waals surface area contributed by atoms with E-state index >= 15 is 0 Å². The quantitative estimate of drug-likeness (QED) is 0.647. The van der Waals surface area contributed by atoms with E-state index in [4.69, 9.17) is 9.90 Å². The summed E-state index contributed by atoms with van der Waals surface area (Å²) in [5.41, 5.74) is 0.914. The number of hydrogen-bond acceptors (Lipinski definition) is 4. The molecular formula is C20H16F3N3O3. The van der Waals surface area contributed by atoms with E-state index in [-0.39, 0.29) is 11.4 Å². The van der Waals surface area contributed by atoms with Crippen molar-refractivity contribution in [1.82, 2.24) is 9.55 Å². The van der Waals surface area contributed by atoms with Gasteiger partial charge in [-0.1, -0.05) is 30.3 Å². The lowest BCUT2D eigenvalue weighted by Crippen LogP contribution is -2.11. The number of aliphatic hydroxyl groups is 1. The molecule has 1 atom stereocenters. The van der Waals surface area contributed by atoms with Crippen LogP contribution in [0.15, 0.2) is 65.9 Å². The average Bonchev–Trinajstić information content (AvgIpc) is 3.11. The second-order valence-electron chi connectivity index (χ2n) is 6.12. The number of alkyl halides is 3. The standard InChI is InChI=1S/C18H12F3N3O.C2H4O2/c19-18(20,21)12-6-7-14-13(10-12)15(11-4-2-1-3-5-11)23-17(25)16-22-8-9-24(14)16;1-2(3)4/h1-10,17,25H;1H3,(H,3,4). The zero-order valence-corrected chi connectivity index (χ0v) is 15.1. The van der Waals surface area contributed by atoms with Gasteiger partial charge in [0.2, 0.25) is 6.23 Å². The van der Waals surface area contributed by atoms with E-state index in [0.717, 1.165) is 19.1 Å². The van der Waals surface area contributed by atoms with Gasteiger partial charge in [0.25, 0.3) is 5.97 Å². The maximum absolute atomic E-state index is 13.2. The summed E-state index contributed by atoms with van der Waals surface area (Å²) in [6, 6.07) is 12.3. The average molecular weight is 403 g/mol. The lowest BCUT2D eigenvalue weighted by Gasteiger charge is -2.15. The third kappa shape index (κ3) is 4.35. The van der Waals surface area contributed by atoms with Crippen molar-refractivity contribution in [2.75, 3.05) is 0 Å². The molecule has 9 heteroatoms. The molecule has 3 aromatic rings. The third-order valence-electron chi connectivity index (χ3n) is 4.04. The maximum Gasteiger partial charge on any atom is 0.416 e. The van der Waals surface area contributed by atoms with Gasteiger partial charge in [0, 0.05) is 30.4 Å². The number of aromatic nitrogens is 2. The van der Waals surface area contributed by atoms with E-state index in [0.29, 0.717) is 17.0 Å². The summed E-state index contributed by atoms with van der Waals surface area (Å²) in [6.07, 6.45) is -2.68.